The molecule has 0 aliphatic heterocycles. The third kappa shape index (κ3) is 4.16. The highest BCUT2D eigenvalue weighted by Gasteiger charge is 2.24. The molecule has 9 heteroatoms. The van der Waals surface area contributed by atoms with Crippen LogP contribution in [0.5, 0.6) is 0 Å². The lowest BCUT2D eigenvalue weighted by atomic mass is 10.3. The molecule has 0 bridgehead atoms. The fourth-order valence-corrected chi connectivity index (χ4v) is 4.33. The highest BCUT2D eigenvalue weighted by Crippen LogP contribution is 2.22. The summed E-state index contributed by atoms with van der Waals surface area (Å²) < 4.78 is 38.2. The Hall–Kier alpha value is -2.13. The minimum atomic E-state index is -3.68. The zero-order valence-electron chi connectivity index (χ0n) is 15.2. The van der Waals surface area contributed by atoms with Gasteiger partial charge in [-0.1, -0.05) is 13.8 Å². The first-order valence-electron chi connectivity index (χ1n) is 8.64. The summed E-state index contributed by atoms with van der Waals surface area (Å²) in [5.41, 5.74) is 0.466. The monoisotopic (exact) mass is 384 g/mol. The van der Waals surface area contributed by atoms with E-state index < -0.39 is 21.7 Å². The summed E-state index contributed by atoms with van der Waals surface area (Å²) in [6, 6.07) is 4.22. The highest BCUT2D eigenvalue weighted by atomic mass is 32.2. The van der Waals surface area contributed by atoms with Crippen molar-refractivity contribution in [2.24, 2.45) is 0 Å². The number of fused-ring (bicyclic) bond motifs is 1. The Kier molecular flexibility index (Phi) is 6.60. The predicted octanol–water partition coefficient (Wildman–Crippen LogP) is 1.97. The van der Waals surface area contributed by atoms with Crippen molar-refractivity contribution in [3.05, 3.63) is 28.7 Å². The van der Waals surface area contributed by atoms with E-state index >= 15 is 0 Å². The zero-order chi connectivity index (χ0) is 19.3. The van der Waals surface area contributed by atoms with Crippen molar-refractivity contribution in [1.29, 1.82) is 0 Å². The number of hydrogen-bond acceptors (Lipinski definition) is 6. The lowest BCUT2D eigenvalue weighted by Gasteiger charge is -2.20. The van der Waals surface area contributed by atoms with E-state index in [1.165, 1.54) is 22.5 Å². The van der Waals surface area contributed by atoms with E-state index in [1.54, 1.807) is 6.92 Å². The summed E-state index contributed by atoms with van der Waals surface area (Å²) in [5, 5.41) is 0. The maximum Gasteiger partial charge on any atom is 0.420 e. The molecule has 1 aromatic heterocycles. The molecule has 2 aromatic rings. The van der Waals surface area contributed by atoms with E-state index in [-0.39, 0.29) is 23.6 Å². The van der Waals surface area contributed by atoms with E-state index in [9.17, 15) is 18.0 Å². The summed E-state index contributed by atoms with van der Waals surface area (Å²) in [6.07, 6.45) is 1.40. The molecule has 0 unspecified atom stereocenters. The van der Waals surface area contributed by atoms with E-state index in [0.717, 1.165) is 4.57 Å². The number of carbonyl (C=O) groups excluding carboxylic acids is 1. The molecule has 8 nitrogen and oxygen atoms in total. The molecule has 1 aromatic carbocycles. The van der Waals surface area contributed by atoms with Crippen LogP contribution in [0.2, 0.25) is 0 Å². The molecule has 0 saturated carbocycles. The second kappa shape index (κ2) is 8.50. The summed E-state index contributed by atoms with van der Waals surface area (Å²) in [6.45, 7) is 6.25. The standard InChI is InChI=1S/C17H24N2O6S/c1-4-9-18(10-5-2)26(22,23)13-7-8-14-15(11-13)25-17(21)19(14)12-16(20)24-6-3/h7-8,11H,4-6,9-10,12H2,1-3H3. The molecule has 0 aliphatic rings. The largest absolute Gasteiger partial charge is 0.465 e. The Bertz CT molecular complexity index is 922. The van der Waals surface area contributed by atoms with Gasteiger partial charge in [0.05, 0.1) is 17.0 Å². The maximum absolute atomic E-state index is 12.8. The van der Waals surface area contributed by atoms with E-state index in [0.29, 0.717) is 31.4 Å². The van der Waals surface area contributed by atoms with Gasteiger partial charge in [-0.2, -0.15) is 4.31 Å². The fraction of sp³-hybridized carbons (Fsp3) is 0.529. The van der Waals surface area contributed by atoms with Crippen molar-refractivity contribution in [3.63, 3.8) is 0 Å². The molecule has 144 valence electrons. The second-order valence-corrected chi connectivity index (χ2v) is 7.73. The quantitative estimate of drug-likeness (QED) is 0.613. The summed E-state index contributed by atoms with van der Waals surface area (Å²) >= 11 is 0. The molecule has 1 heterocycles. The van der Waals surface area contributed by atoms with Crippen molar-refractivity contribution in [2.45, 2.75) is 45.1 Å². The molecule has 0 atom stereocenters. The van der Waals surface area contributed by atoms with Gasteiger partial charge in [0.2, 0.25) is 10.0 Å². The van der Waals surface area contributed by atoms with Gasteiger partial charge < -0.3 is 9.15 Å². The fourth-order valence-electron chi connectivity index (χ4n) is 2.69. The second-order valence-electron chi connectivity index (χ2n) is 5.79. The van der Waals surface area contributed by atoms with Crippen LogP contribution in [0.1, 0.15) is 33.6 Å². The smallest absolute Gasteiger partial charge is 0.420 e. The third-order valence-corrected chi connectivity index (χ3v) is 5.71. The van der Waals surface area contributed by atoms with Gasteiger partial charge in [0.15, 0.2) is 5.58 Å². The van der Waals surface area contributed by atoms with Crippen LogP contribution in [0.4, 0.5) is 0 Å². The van der Waals surface area contributed by atoms with Crippen molar-refractivity contribution in [1.82, 2.24) is 8.87 Å². The van der Waals surface area contributed by atoms with Gasteiger partial charge in [0, 0.05) is 19.2 Å². The molecule has 0 fully saturated rings. The van der Waals surface area contributed by atoms with Gasteiger partial charge in [-0.3, -0.25) is 9.36 Å². The summed E-state index contributed by atoms with van der Waals surface area (Å²) in [4.78, 5) is 23.7. The molecular weight excluding hydrogens is 360 g/mol. The van der Waals surface area contributed by atoms with Gasteiger partial charge in [0.1, 0.15) is 6.54 Å². The van der Waals surface area contributed by atoms with E-state index in [2.05, 4.69) is 0 Å². The number of hydrogen-bond donors (Lipinski definition) is 0. The number of carbonyl (C=O) groups is 1. The molecule has 0 saturated heterocycles. The van der Waals surface area contributed by atoms with Crippen LogP contribution < -0.4 is 5.76 Å². The topological polar surface area (TPSA) is 98.8 Å². The average molecular weight is 384 g/mol. The molecular formula is C17H24N2O6S. The summed E-state index contributed by atoms with van der Waals surface area (Å²) in [5.74, 6) is -1.30. The Balaban J connectivity index is 2.43. The first kappa shape index (κ1) is 20.2. The first-order valence-corrected chi connectivity index (χ1v) is 10.1. The molecule has 0 aliphatic carbocycles. The number of esters is 1. The molecule has 2 rings (SSSR count). The maximum atomic E-state index is 12.8. The lowest BCUT2D eigenvalue weighted by molar-refractivity contribution is -0.143. The number of aromatic nitrogens is 1. The number of ether oxygens (including phenoxy) is 1. The Morgan fingerprint density at radius 3 is 2.42 bits per heavy atom. The number of rotatable bonds is 9. The molecule has 0 spiro atoms. The van der Waals surface area contributed by atoms with Crippen LogP contribution in [0, 0.1) is 0 Å². The molecule has 0 N–H and O–H groups in total. The van der Waals surface area contributed by atoms with Gasteiger partial charge in [0.25, 0.3) is 0 Å². The SMILES string of the molecule is CCCN(CCC)S(=O)(=O)c1ccc2c(c1)oc(=O)n2CC(=O)OCC. The average Bonchev–Trinajstić information content (AvgIpc) is 2.89. The van der Waals surface area contributed by atoms with Crippen LogP contribution in [0.15, 0.2) is 32.3 Å². The number of sulfonamides is 1. The molecule has 0 amide bonds. The minimum Gasteiger partial charge on any atom is -0.465 e. The number of benzene rings is 1. The van der Waals surface area contributed by atoms with Crippen LogP contribution in [0.3, 0.4) is 0 Å². The molecule has 26 heavy (non-hydrogen) atoms. The van der Waals surface area contributed by atoms with Gasteiger partial charge in [-0.05, 0) is 31.9 Å². The van der Waals surface area contributed by atoms with Gasteiger partial charge in [-0.15, -0.1) is 0 Å². The zero-order valence-corrected chi connectivity index (χ0v) is 16.0. The first-order chi connectivity index (χ1) is 12.3. The van der Waals surface area contributed by atoms with Crippen LogP contribution in [-0.4, -0.2) is 43.0 Å². The van der Waals surface area contributed by atoms with Crippen molar-refractivity contribution < 1.29 is 22.4 Å². The van der Waals surface area contributed by atoms with Crippen molar-refractivity contribution >= 4 is 27.1 Å². The lowest BCUT2D eigenvalue weighted by Crippen LogP contribution is -2.32. The third-order valence-electron chi connectivity index (χ3n) is 3.82. The van der Waals surface area contributed by atoms with Crippen molar-refractivity contribution in [3.8, 4) is 0 Å². The Labute approximate surface area is 152 Å². The van der Waals surface area contributed by atoms with Crippen molar-refractivity contribution in [2.75, 3.05) is 19.7 Å². The Morgan fingerprint density at radius 2 is 1.85 bits per heavy atom. The Morgan fingerprint density at radius 1 is 1.19 bits per heavy atom. The minimum absolute atomic E-state index is 0.0592. The van der Waals surface area contributed by atoms with Crippen LogP contribution in [0.25, 0.3) is 11.1 Å². The van der Waals surface area contributed by atoms with Gasteiger partial charge >= 0.3 is 11.7 Å². The number of oxazole rings is 1. The highest BCUT2D eigenvalue weighted by molar-refractivity contribution is 7.89. The van der Waals surface area contributed by atoms with E-state index in [4.69, 9.17) is 9.15 Å². The van der Waals surface area contributed by atoms with Crippen LogP contribution >= 0.6 is 0 Å². The molecule has 0 radical (unpaired) electrons. The summed E-state index contributed by atoms with van der Waals surface area (Å²) in [7, 11) is -3.68. The van der Waals surface area contributed by atoms with Crippen LogP contribution in [-0.2, 0) is 26.1 Å². The normalized spacial score (nSPS) is 12.0. The van der Waals surface area contributed by atoms with Gasteiger partial charge in [-0.25, -0.2) is 13.2 Å². The number of nitrogens with zero attached hydrogens (tertiary/aromatic N) is 2. The van der Waals surface area contributed by atoms with E-state index in [1.807, 2.05) is 13.8 Å². The predicted molar refractivity (Wildman–Crippen MR) is 96.4 cm³/mol.